The molecule has 0 saturated carbocycles. The van der Waals surface area contributed by atoms with Gasteiger partial charge in [0.25, 0.3) is 0 Å². The molecule has 4 aromatic rings. The number of ether oxygens (including phenoxy) is 2. The Morgan fingerprint density at radius 2 is 1.89 bits per heavy atom. The van der Waals surface area contributed by atoms with Crippen LogP contribution in [0, 0.1) is 0 Å². The van der Waals surface area contributed by atoms with E-state index in [-0.39, 0.29) is 26.2 Å². The molecule has 1 aliphatic heterocycles. The van der Waals surface area contributed by atoms with Crippen molar-refractivity contribution < 1.29 is 14.3 Å². The molecule has 5 rings (SSSR count). The topological polar surface area (TPSA) is 54.6 Å². The number of rotatable bonds is 6. The normalized spacial score (nSPS) is 14.7. The molecule has 1 unspecified atom stereocenters. The summed E-state index contributed by atoms with van der Waals surface area (Å²) < 4.78 is 11.4. The number of amides is 1. The fourth-order valence-electron chi connectivity index (χ4n) is 4.51. The second-order valence-electron chi connectivity index (χ2n) is 8.26. The molecular weight excluding hydrogens is 460 g/mol. The Balaban J connectivity index is 0.00000289. The van der Waals surface area contributed by atoms with E-state index in [4.69, 9.17) is 21.1 Å². The largest absolute Gasteiger partial charge is 0.490 e. The maximum atomic E-state index is 13.3. The quantitative estimate of drug-likeness (QED) is 0.289. The van der Waals surface area contributed by atoms with E-state index < -0.39 is 0 Å². The van der Waals surface area contributed by atoms with Crippen LogP contribution >= 0.6 is 11.6 Å². The highest BCUT2D eigenvalue weighted by Gasteiger charge is 2.35. The number of aromatic nitrogens is 1. The lowest BCUT2D eigenvalue weighted by atomic mass is 9.92. The van der Waals surface area contributed by atoms with Gasteiger partial charge in [0.1, 0.15) is 25.0 Å². The minimum absolute atomic E-state index is 0. The maximum absolute atomic E-state index is 13.3. The minimum atomic E-state index is -0.344. The van der Waals surface area contributed by atoms with Crippen LogP contribution in [0.25, 0.3) is 10.9 Å². The first-order valence-electron chi connectivity index (χ1n) is 11.2. The molecule has 0 fully saturated rings. The molecule has 1 N–H and O–H groups in total. The molecule has 0 aliphatic carbocycles. The van der Waals surface area contributed by atoms with Gasteiger partial charge in [0.2, 0.25) is 0 Å². The standard InChI is InChI=1S/C28H25ClN2O3.CH4/c1-2-16-33-22-11-8-20(9-12-22)27-26-23(24-17-21(29)10-13-25(24)30-26)14-15-31(27)28(32)34-18-19-6-4-3-5-7-19;/h2-13,17,27,30H,1,14-16,18H2;1H4. The zero-order chi connectivity index (χ0) is 23.5. The number of fused-ring (bicyclic) bond motifs is 3. The zero-order valence-corrected chi connectivity index (χ0v) is 19.4. The van der Waals surface area contributed by atoms with Crippen molar-refractivity contribution in [3.05, 3.63) is 113 Å². The van der Waals surface area contributed by atoms with E-state index in [9.17, 15) is 4.79 Å². The molecule has 180 valence electrons. The van der Waals surface area contributed by atoms with Gasteiger partial charge >= 0.3 is 6.09 Å². The molecule has 0 bridgehead atoms. The van der Waals surface area contributed by atoms with E-state index in [1.165, 1.54) is 5.56 Å². The van der Waals surface area contributed by atoms with E-state index >= 15 is 0 Å². The Kier molecular flexibility index (Phi) is 7.47. The Morgan fingerprint density at radius 3 is 2.63 bits per heavy atom. The lowest BCUT2D eigenvalue weighted by Crippen LogP contribution is -2.40. The van der Waals surface area contributed by atoms with Crippen LogP contribution in [0.4, 0.5) is 4.79 Å². The summed E-state index contributed by atoms with van der Waals surface area (Å²) in [5.41, 5.74) is 5.10. The molecule has 1 amide bonds. The third-order valence-electron chi connectivity index (χ3n) is 6.09. The van der Waals surface area contributed by atoms with Gasteiger partial charge in [0, 0.05) is 28.2 Å². The summed E-state index contributed by atoms with van der Waals surface area (Å²) in [6.07, 6.45) is 2.08. The van der Waals surface area contributed by atoms with Gasteiger partial charge in [0.15, 0.2) is 0 Å². The van der Waals surface area contributed by atoms with E-state index in [2.05, 4.69) is 11.6 Å². The summed E-state index contributed by atoms with van der Waals surface area (Å²) in [6.45, 7) is 4.90. The van der Waals surface area contributed by atoms with Crippen LogP contribution in [0.1, 0.15) is 35.9 Å². The number of nitrogens with zero attached hydrogens (tertiary/aromatic N) is 1. The van der Waals surface area contributed by atoms with Gasteiger partial charge in [-0.2, -0.15) is 0 Å². The highest BCUT2D eigenvalue weighted by molar-refractivity contribution is 6.31. The fourth-order valence-corrected chi connectivity index (χ4v) is 4.68. The summed E-state index contributed by atoms with van der Waals surface area (Å²) in [5, 5.41) is 1.79. The highest BCUT2D eigenvalue weighted by atomic mass is 35.5. The SMILES string of the molecule is C.C=CCOc1ccc(C2c3[nH]c4ccc(Cl)cc4c3CCN2C(=O)OCc2ccccc2)cc1. The molecule has 3 aromatic carbocycles. The molecule has 35 heavy (non-hydrogen) atoms. The van der Waals surface area contributed by atoms with Crippen molar-refractivity contribution in [1.29, 1.82) is 0 Å². The van der Waals surface area contributed by atoms with Gasteiger partial charge < -0.3 is 14.5 Å². The van der Waals surface area contributed by atoms with Gasteiger partial charge in [-0.15, -0.1) is 0 Å². The third-order valence-corrected chi connectivity index (χ3v) is 6.33. The number of hydrogen-bond donors (Lipinski definition) is 1. The van der Waals surface area contributed by atoms with Crippen LogP contribution in [-0.4, -0.2) is 29.1 Å². The van der Waals surface area contributed by atoms with Crippen LogP contribution in [0.3, 0.4) is 0 Å². The predicted molar refractivity (Wildman–Crippen MR) is 141 cm³/mol. The molecule has 0 saturated heterocycles. The second-order valence-corrected chi connectivity index (χ2v) is 8.70. The first-order valence-corrected chi connectivity index (χ1v) is 11.6. The van der Waals surface area contributed by atoms with Crippen molar-refractivity contribution in [2.75, 3.05) is 13.2 Å². The van der Waals surface area contributed by atoms with Gasteiger partial charge in [-0.3, -0.25) is 4.90 Å². The lowest BCUT2D eigenvalue weighted by Gasteiger charge is -2.35. The molecule has 0 spiro atoms. The van der Waals surface area contributed by atoms with Gasteiger partial charge in [0.05, 0.1) is 0 Å². The molecule has 1 aromatic heterocycles. The molecule has 1 atom stereocenters. The molecule has 1 aliphatic rings. The Morgan fingerprint density at radius 1 is 1.11 bits per heavy atom. The first-order chi connectivity index (χ1) is 16.6. The number of hydrogen-bond acceptors (Lipinski definition) is 3. The van der Waals surface area contributed by atoms with Crippen molar-refractivity contribution in [1.82, 2.24) is 9.88 Å². The Hall–Kier alpha value is -3.70. The van der Waals surface area contributed by atoms with E-state index in [1.54, 1.807) is 11.0 Å². The molecule has 6 heteroatoms. The number of halogens is 1. The van der Waals surface area contributed by atoms with Crippen molar-refractivity contribution in [3.63, 3.8) is 0 Å². The summed E-state index contributed by atoms with van der Waals surface area (Å²) in [5.74, 6) is 0.751. The average Bonchev–Trinajstić information content (AvgIpc) is 3.24. The van der Waals surface area contributed by atoms with E-state index in [0.29, 0.717) is 24.6 Å². The average molecular weight is 489 g/mol. The van der Waals surface area contributed by atoms with Crippen molar-refractivity contribution >= 4 is 28.6 Å². The van der Waals surface area contributed by atoms with Crippen LogP contribution in [0.5, 0.6) is 5.75 Å². The fraction of sp³-hybridized carbons (Fsp3) is 0.207. The van der Waals surface area contributed by atoms with Crippen LogP contribution in [-0.2, 0) is 17.8 Å². The second kappa shape index (κ2) is 10.7. The highest BCUT2D eigenvalue weighted by Crippen LogP contribution is 2.39. The molecule has 0 radical (unpaired) electrons. The maximum Gasteiger partial charge on any atom is 0.410 e. The number of carbonyl (C=O) groups is 1. The van der Waals surface area contributed by atoms with Gasteiger partial charge in [-0.1, -0.05) is 74.1 Å². The predicted octanol–water partition coefficient (Wildman–Crippen LogP) is 7.31. The van der Waals surface area contributed by atoms with Crippen LogP contribution in [0.15, 0.2) is 85.5 Å². The van der Waals surface area contributed by atoms with Gasteiger partial charge in [-0.05, 0) is 53.4 Å². The smallest absolute Gasteiger partial charge is 0.410 e. The zero-order valence-electron chi connectivity index (χ0n) is 18.7. The summed E-state index contributed by atoms with van der Waals surface area (Å²) in [6, 6.07) is 23.1. The van der Waals surface area contributed by atoms with E-state index in [0.717, 1.165) is 33.5 Å². The summed E-state index contributed by atoms with van der Waals surface area (Å²) >= 11 is 6.29. The lowest BCUT2D eigenvalue weighted by molar-refractivity contribution is 0.0832. The first kappa shape index (κ1) is 24.4. The molecular formula is C29H29ClN2O3. The monoisotopic (exact) mass is 488 g/mol. The number of aromatic amines is 1. The van der Waals surface area contributed by atoms with Crippen molar-refractivity contribution in [2.24, 2.45) is 0 Å². The van der Waals surface area contributed by atoms with Gasteiger partial charge in [-0.25, -0.2) is 4.79 Å². The summed E-state index contributed by atoms with van der Waals surface area (Å²) in [4.78, 5) is 18.6. The van der Waals surface area contributed by atoms with Crippen molar-refractivity contribution in [3.8, 4) is 5.75 Å². The summed E-state index contributed by atoms with van der Waals surface area (Å²) in [7, 11) is 0. The van der Waals surface area contributed by atoms with Crippen LogP contribution in [0.2, 0.25) is 5.02 Å². The number of H-pyrrole nitrogens is 1. The number of carbonyl (C=O) groups excluding carboxylic acids is 1. The van der Waals surface area contributed by atoms with E-state index in [1.807, 2.05) is 72.8 Å². The Bertz CT molecular complexity index is 1320. The van der Waals surface area contributed by atoms with Crippen molar-refractivity contribution in [2.45, 2.75) is 26.5 Å². The molecule has 5 nitrogen and oxygen atoms in total. The third kappa shape index (κ3) is 5.05. The molecule has 2 heterocycles. The minimum Gasteiger partial charge on any atom is -0.490 e. The number of nitrogens with one attached hydrogen (secondary N) is 1. The Labute approximate surface area is 210 Å². The number of benzene rings is 3. The van der Waals surface area contributed by atoms with Crippen LogP contribution < -0.4 is 4.74 Å².